The van der Waals surface area contributed by atoms with Gasteiger partial charge in [-0.1, -0.05) is 0 Å². The Bertz CT molecular complexity index is 291. The van der Waals surface area contributed by atoms with Gasteiger partial charge in [0.15, 0.2) is 0 Å². The highest BCUT2D eigenvalue weighted by molar-refractivity contribution is 5.78. The van der Waals surface area contributed by atoms with Crippen LogP contribution in [0, 0.1) is 0 Å². The molecule has 0 bridgehead atoms. The molecule has 0 spiro atoms. The number of nitrogens with one attached hydrogen (secondary N) is 1. The van der Waals surface area contributed by atoms with Crippen molar-refractivity contribution >= 4 is 5.91 Å². The highest BCUT2D eigenvalue weighted by Crippen LogP contribution is 2.12. The predicted octanol–water partition coefficient (Wildman–Crippen LogP) is 0.0214. The first kappa shape index (κ1) is 17.2. The van der Waals surface area contributed by atoms with Crippen LogP contribution in [0.1, 0.15) is 12.8 Å². The summed E-state index contributed by atoms with van der Waals surface area (Å²) in [6, 6.07) is 0. The number of hydrogen-bond acceptors (Lipinski definition) is 4. The molecule has 0 atom stereocenters. The van der Waals surface area contributed by atoms with Crippen LogP contribution in [0.4, 0.5) is 13.2 Å². The molecule has 118 valence electrons. The Labute approximate surface area is 117 Å². The summed E-state index contributed by atoms with van der Waals surface area (Å²) in [6.07, 6.45) is -2.29. The first-order chi connectivity index (χ1) is 9.40. The van der Waals surface area contributed by atoms with Crippen molar-refractivity contribution < 1.29 is 18.0 Å². The first-order valence-corrected chi connectivity index (χ1v) is 6.89. The van der Waals surface area contributed by atoms with Gasteiger partial charge in [-0.3, -0.25) is 9.69 Å². The molecule has 0 radical (unpaired) electrons. The SMILES string of the molecule is NCCCCN1CCN(CC(=O)NCC(F)(F)F)CC1. The van der Waals surface area contributed by atoms with Crippen molar-refractivity contribution in [2.45, 2.75) is 19.0 Å². The summed E-state index contributed by atoms with van der Waals surface area (Å²) in [4.78, 5) is 15.5. The van der Waals surface area contributed by atoms with Crippen molar-refractivity contribution in [1.82, 2.24) is 15.1 Å². The molecule has 1 aliphatic heterocycles. The monoisotopic (exact) mass is 296 g/mol. The third-order valence-electron chi connectivity index (χ3n) is 3.25. The summed E-state index contributed by atoms with van der Waals surface area (Å²) >= 11 is 0. The van der Waals surface area contributed by atoms with Crippen molar-refractivity contribution in [1.29, 1.82) is 0 Å². The Morgan fingerprint density at radius 3 is 2.25 bits per heavy atom. The molecule has 0 aromatic carbocycles. The highest BCUT2D eigenvalue weighted by Gasteiger charge is 2.28. The molecule has 1 rings (SSSR count). The molecule has 1 saturated heterocycles. The summed E-state index contributed by atoms with van der Waals surface area (Å²) in [5.74, 6) is -0.570. The third-order valence-corrected chi connectivity index (χ3v) is 3.25. The normalized spacial score (nSPS) is 18.2. The summed E-state index contributed by atoms with van der Waals surface area (Å²) in [7, 11) is 0. The number of nitrogens with two attached hydrogens (primary N) is 1. The largest absolute Gasteiger partial charge is 0.405 e. The lowest BCUT2D eigenvalue weighted by Crippen LogP contribution is -2.50. The minimum Gasteiger partial charge on any atom is -0.346 e. The van der Waals surface area contributed by atoms with Crippen LogP contribution >= 0.6 is 0 Å². The van der Waals surface area contributed by atoms with Gasteiger partial charge in [0.2, 0.25) is 5.91 Å². The molecule has 1 aliphatic rings. The number of carbonyl (C=O) groups excluding carboxylic acids is 1. The van der Waals surface area contributed by atoms with Gasteiger partial charge in [-0.15, -0.1) is 0 Å². The molecule has 0 aromatic heterocycles. The van der Waals surface area contributed by atoms with Crippen molar-refractivity contribution in [3.63, 3.8) is 0 Å². The summed E-state index contributed by atoms with van der Waals surface area (Å²) in [6.45, 7) is 3.57. The van der Waals surface area contributed by atoms with Crippen LogP contribution < -0.4 is 11.1 Å². The fraction of sp³-hybridized carbons (Fsp3) is 0.917. The number of alkyl halides is 3. The Hall–Kier alpha value is -0.860. The molecule has 5 nitrogen and oxygen atoms in total. The Balaban J connectivity index is 2.14. The average molecular weight is 296 g/mol. The van der Waals surface area contributed by atoms with Gasteiger partial charge in [0.1, 0.15) is 6.54 Å². The zero-order valence-corrected chi connectivity index (χ0v) is 11.6. The summed E-state index contributed by atoms with van der Waals surface area (Å²) < 4.78 is 35.8. The van der Waals surface area contributed by atoms with E-state index < -0.39 is 18.6 Å². The molecule has 0 unspecified atom stereocenters. The zero-order chi connectivity index (χ0) is 15.0. The Kier molecular flexibility index (Phi) is 7.25. The average Bonchev–Trinajstić information content (AvgIpc) is 2.38. The number of hydrogen-bond donors (Lipinski definition) is 2. The Morgan fingerprint density at radius 2 is 1.70 bits per heavy atom. The molecule has 0 saturated carbocycles. The lowest BCUT2D eigenvalue weighted by Gasteiger charge is -2.34. The van der Waals surface area contributed by atoms with E-state index in [0.29, 0.717) is 19.6 Å². The fourth-order valence-corrected chi connectivity index (χ4v) is 2.11. The van der Waals surface area contributed by atoms with Crippen molar-refractivity contribution in [2.75, 3.05) is 52.4 Å². The van der Waals surface area contributed by atoms with Gasteiger partial charge >= 0.3 is 6.18 Å². The van der Waals surface area contributed by atoms with Crippen LogP contribution in [0.3, 0.4) is 0 Å². The first-order valence-electron chi connectivity index (χ1n) is 6.89. The molecule has 1 fully saturated rings. The second kappa shape index (κ2) is 8.43. The van der Waals surface area contributed by atoms with Gasteiger partial charge in [-0.05, 0) is 25.9 Å². The number of carbonyl (C=O) groups is 1. The number of nitrogens with zero attached hydrogens (tertiary/aromatic N) is 2. The molecule has 0 aromatic rings. The van der Waals surface area contributed by atoms with Gasteiger partial charge in [0.05, 0.1) is 6.54 Å². The van der Waals surface area contributed by atoms with Gasteiger partial charge in [-0.25, -0.2) is 0 Å². The van der Waals surface area contributed by atoms with Crippen LogP contribution in [0.5, 0.6) is 0 Å². The molecule has 0 aliphatic carbocycles. The van der Waals surface area contributed by atoms with Crippen LogP contribution in [0.15, 0.2) is 0 Å². The molecular weight excluding hydrogens is 273 g/mol. The molecule has 8 heteroatoms. The van der Waals surface area contributed by atoms with E-state index in [9.17, 15) is 18.0 Å². The number of unbranched alkanes of at least 4 members (excludes halogenated alkanes) is 1. The Morgan fingerprint density at radius 1 is 1.10 bits per heavy atom. The molecule has 1 heterocycles. The number of rotatable bonds is 7. The van der Waals surface area contributed by atoms with E-state index in [1.165, 1.54) is 0 Å². The third kappa shape index (κ3) is 7.66. The van der Waals surface area contributed by atoms with Gasteiger partial charge in [0, 0.05) is 26.2 Å². The zero-order valence-electron chi connectivity index (χ0n) is 11.6. The maximum Gasteiger partial charge on any atom is 0.405 e. The minimum absolute atomic E-state index is 0.0344. The van der Waals surface area contributed by atoms with Crippen LogP contribution in [-0.4, -0.2) is 74.2 Å². The predicted molar refractivity (Wildman–Crippen MR) is 70.2 cm³/mol. The van der Waals surface area contributed by atoms with E-state index >= 15 is 0 Å². The van der Waals surface area contributed by atoms with E-state index in [2.05, 4.69) is 4.90 Å². The van der Waals surface area contributed by atoms with Crippen molar-refractivity contribution in [3.8, 4) is 0 Å². The highest BCUT2D eigenvalue weighted by atomic mass is 19.4. The number of amides is 1. The molecule has 20 heavy (non-hydrogen) atoms. The van der Waals surface area contributed by atoms with E-state index in [4.69, 9.17) is 5.73 Å². The van der Waals surface area contributed by atoms with Gasteiger partial charge in [-0.2, -0.15) is 13.2 Å². The molecular formula is C12H23F3N4O. The van der Waals surface area contributed by atoms with Crippen LogP contribution in [0.25, 0.3) is 0 Å². The maximum atomic E-state index is 11.9. The fourth-order valence-electron chi connectivity index (χ4n) is 2.11. The van der Waals surface area contributed by atoms with E-state index in [0.717, 1.165) is 32.5 Å². The lowest BCUT2D eigenvalue weighted by molar-refractivity contribution is -0.139. The topological polar surface area (TPSA) is 61.6 Å². The second-order valence-electron chi connectivity index (χ2n) is 5.01. The number of halogens is 3. The smallest absolute Gasteiger partial charge is 0.346 e. The summed E-state index contributed by atoms with van der Waals surface area (Å²) in [5, 5.41) is 1.89. The standard InChI is InChI=1S/C12H23F3N4O/c13-12(14,15)10-17-11(20)9-19-7-5-18(6-8-19)4-2-1-3-16/h1-10,16H2,(H,17,20). The number of piperazine rings is 1. The van der Waals surface area contributed by atoms with Gasteiger partial charge < -0.3 is 16.0 Å². The molecule has 1 amide bonds. The van der Waals surface area contributed by atoms with Crippen LogP contribution in [0.2, 0.25) is 0 Å². The van der Waals surface area contributed by atoms with E-state index in [-0.39, 0.29) is 6.54 Å². The minimum atomic E-state index is -4.35. The van der Waals surface area contributed by atoms with Gasteiger partial charge in [0.25, 0.3) is 0 Å². The summed E-state index contributed by atoms with van der Waals surface area (Å²) in [5.41, 5.74) is 5.43. The second-order valence-corrected chi connectivity index (χ2v) is 5.01. The molecule has 3 N–H and O–H groups in total. The van der Waals surface area contributed by atoms with E-state index in [1.807, 2.05) is 10.2 Å². The quantitative estimate of drug-likeness (QED) is 0.650. The van der Waals surface area contributed by atoms with Crippen LogP contribution in [-0.2, 0) is 4.79 Å². The van der Waals surface area contributed by atoms with Crippen molar-refractivity contribution in [2.24, 2.45) is 5.73 Å². The maximum absolute atomic E-state index is 11.9. The van der Waals surface area contributed by atoms with E-state index in [1.54, 1.807) is 0 Å². The van der Waals surface area contributed by atoms with Crippen molar-refractivity contribution in [3.05, 3.63) is 0 Å². The lowest BCUT2D eigenvalue weighted by atomic mass is 10.2.